The molecule has 98 valence electrons. The van der Waals surface area contributed by atoms with Gasteiger partial charge in [-0.1, -0.05) is 40.2 Å². The van der Waals surface area contributed by atoms with E-state index in [2.05, 4.69) is 28.2 Å². The second-order valence-corrected chi connectivity index (χ2v) is 5.47. The van der Waals surface area contributed by atoms with Crippen molar-refractivity contribution in [1.82, 2.24) is 0 Å². The lowest BCUT2D eigenvalue weighted by Crippen LogP contribution is -2.14. The Morgan fingerprint density at radius 1 is 1.11 bits per heavy atom. The van der Waals surface area contributed by atoms with E-state index in [4.69, 9.17) is 0 Å². The molecule has 0 radical (unpaired) electrons. The first-order chi connectivity index (χ1) is 9.06. The Labute approximate surface area is 122 Å². The van der Waals surface area contributed by atoms with Gasteiger partial charge >= 0.3 is 0 Å². The van der Waals surface area contributed by atoms with Gasteiger partial charge in [-0.15, -0.1) is 0 Å². The number of amides is 1. The molecule has 0 bridgehead atoms. The van der Waals surface area contributed by atoms with Crippen molar-refractivity contribution in [3.05, 3.63) is 63.6 Å². The summed E-state index contributed by atoms with van der Waals surface area (Å²) in [5, 5.41) is 2.93. The topological polar surface area (TPSA) is 29.1 Å². The zero-order valence-corrected chi connectivity index (χ0v) is 12.6. The lowest BCUT2D eigenvalue weighted by Gasteiger charge is -2.08. The van der Waals surface area contributed by atoms with Gasteiger partial charge in [0.25, 0.3) is 0 Å². The maximum absolute atomic E-state index is 12.0. The van der Waals surface area contributed by atoms with Crippen molar-refractivity contribution in [1.29, 1.82) is 0 Å². The van der Waals surface area contributed by atoms with E-state index >= 15 is 0 Å². The smallest absolute Gasteiger partial charge is 0.228 e. The standard InChI is InChI=1S/C16H16BrNO/c1-11-7-8-14(9-12(11)2)18-16(19)10-13-5-3-4-6-15(13)17/h3-9H,10H2,1-2H3,(H,18,19). The molecule has 0 aliphatic carbocycles. The summed E-state index contributed by atoms with van der Waals surface area (Å²) in [7, 11) is 0. The summed E-state index contributed by atoms with van der Waals surface area (Å²) in [6, 6.07) is 13.7. The fraction of sp³-hybridized carbons (Fsp3) is 0.188. The zero-order valence-electron chi connectivity index (χ0n) is 11.0. The van der Waals surface area contributed by atoms with E-state index in [-0.39, 0.29) is 5.91 Å². The van der Waals surface area contributed by atoms with Gasteiger partial charge in [0.05, 0.1) is 6.42 Å². The molecule has 2 nitrogen and oxygen atoms in total. The molecule has 2 rings (SSSR count). The van der Waals surface area contributed by atoms with E-state index in [1.165, 1.54) is 11.1 Å². The van der Waals surface area contributed by atoms with Crippen LogP contribution in [0.2, 0.25) is 0 Å². The van der Waals surface area contributed by atoms with Crippen LogP contribution in [-0.4, -0.2) is 5.91 Å². The number of anilines is 1. The molecule has 0 aromatic heterocycles. The highest BCUT2D eigenvalue weighted by atomic mass is 79.9. The number of halogens is 1. The maximum Gasteiger partial charge on any atom is 0.228 e. The number of carbonyl (C=O) groups excluding carboxylic acids is 1. The van der Waals surface area contributed by atoms with Gasteiger partial charge in [-0.3, -0.25) is 4.79 Å². The number of hydrogen-bond donors (Lipinski definition) is 1. The summed E-state index contributed by atoms with van der Waals surface area (Å²) in [5.74, 6) is -0.00449. The molecule has 1 amide bonds. The van der Waals surface area contributed by atoms with Crippen molar-refractivity contribution in [3.8, 4) is 0 Å². The van der Waals surface area contributed by atoms with E-state index in [0.29, 0.717) is 6.42 Å². The van der Waals surface area contributed by atoms with Crippen LogP contribution >= 0.6 is 15.9 Å². The molecule has 19 heavy (non-hydrogen) atoms. The van der Waals surface area contributed by atoms with E-state index in [1.807, 2.05) is 49.4 Å². The molecule has 0 saturated heterocycles. The summed E-state index contributed by atoms with van der Waals surface area (Å²) in [4.78, 5) is 12.0. The quantitative estimate of drug-likeness (QED) is 0.901. The highest BCUT2D eigenvalue weighted by Crippen LogP contribution is 2.18. The Balaban J connectivity index is 2.05. The largest absolute Gasteiger partial charge is 0.326 e. The molecule has 0 aliphatic heterocycles. The molecule has 0 heterocycles. The van der Waals surface area contributed by atoms with Crippen LogP contribution in [0.1, 0.15) is 16.7 Å². The minimum absolute atomic E-state index is 0.00449. The van der Waals surface area contributed by atoms with Gasteiger partial charge < -0.3 is 5.32 Å². The first kappa shape index (κ1) is 13.8. The molecule has 0 saturated carbocycles. The van der Waals surface area contributed by atoms with Crippen LogP contribution in [0.25, 0.3) is 0 Å². The molecule has 2 aromatic carbocycles. The molecule has 2 aromatic rings. The number of rotatable bonds is 3. The number of nitrogens with one attached hydrogen (secondary N) is 1. The first-order valence-corrected chi connectivity index (χ1v) is 6.96. The van der Waals surface area contributed by atoms with E-state index in [9.17, 15) is 4.79 Å². The molecule has 0 spiro atoms. The van der Waals surface area contributed by atoms with Crippen molar-refractivity contribution in [2.24, 2.45) is 0 Å². The van der Waals surface area contributed by atoms with Crippen LogP contribution < -0.4 is 5.32 Å². The van der Waals surface area contributed by atoms with Crippen LogP contribution in [0.4, 0.5) is 5.69 Å². The SMILES string of the molecule is Cc1ccc(NC(=O)Cc2ccccc2Br)cc1C. The van der Waals surface area contributed by atoms with Gasteiger partial charge in [0.1, 0.15) is 0 Å². The fourth-order valence-corrected chi connectivity index (χ4v) is 2.26. The van der Waals surface area contributed by atoms with Crippen molar-refractivity contribution >= 4 is 27.5 Å². The number of aryl methyl sites for hydroxylation is 2. The minimum atomic E-state index is -0.00449. The van der Waals surface area contributed by atoms with Crippen LogP contribution in [0, 0.1) is 13.8 Å². The first-order valence-electron chi connectivity index (χ1n) is 6.17. The summed E-state index contributed by atoms with van der Waals surface area (Å²) in [6.45, 7) is 4.10. The molecule has 0 unspecified atom stereocenters. The van der Waals surface area contributed by atoms with E-state index in [0.717, 1.165) is 15.7 Å². The van der Waals surface area contributed by atoms with Crippen LogP contribution in [0.15, 0.2) is 46.9 Å². The van der Waals surface area contributed by atoms with Gasteiger partial charge in [0.2, 0.25) is 5.91 Å². The predicted molar refractivity (Wildman–Crippen MR) is 82.4 cm³/mol. The van der Waals surface area contributed by atoms with Gasteiger partial charge in [-0.25, -0.2) is 0 Å². The Kier molecular flexibility index (Phi) is 4.38. The molecular weight excluding hydrogens is 302 g/mol. The molecule has 3 heteroatoms. The highest BCUT2D eigenvalue weighted by molar-refractivity contribution is 9.10. The third-order valence-electron chi connectivity index (χ3n) is 3.10. The second kappa shape index (κ2) is 6.02. The fourth-order valence-electron chi connectivity index (χ4n) is 1.84. The number of hydrogen-bond acceptors (Lipinski definition) is 1. The molecule has 0 atom stereocenters. The van der Waals surface area contributed by atoms with Crippen LogP contribution in [0.3, 0.4) is 0 Å². The van der Waals surface area contributed by atoms with Gasteiger partial charge in [-0.05, 0) is 48.7 Å². The van der Waals surface area contributed by atoms with Gasteiger partial charge in [-0.2, -0.15) is 0 Å². The molecular formula is C16H16BrNO. The van der Waals surface area contributed by atoms with Gasteiger partial charge in [0, 0.05) is 10.2 Å². The van der Waals surface area contributed by atoms with Gasteiger partial charge in [0.15, 0.2) is 0 Å². The normalized spacial score (nSPS) is 10.3. The molecule has 0 fully saturated rings. The molecule has 1 N–H and O–H groups in total. The summed E-state index contributed by atoms with van der Waals surface area (Å²) < 4.78 is 0.963. The monoisotopic (exact) mass is 317 g/mol. The van der Waals surface area contributed by atoms with E-state index in [1.54, 1.807) is 0 Å². The second-order valence-electron chi connectivity index (χ2n) is 4.62. The van der Waals surface area contributed by atoms with Crippen LogP contribution in [0.5, 0.6) is 0 Å². The Bertz CT molecular complexity index is 607. The van der Waals surface area contributed by atoms with Crippen molar-refractivity contribution in [2.45, 2.75) is 20.3 Å². The number of benzene rings is 2. The highest BCUT2D eigenvalue weighted by Gasteiger charge is 2.07. The Hall–Kier alpha value is -1.61. The van der Waals surface area contributed by atoms with E-state index < -0.39 is 0 Å². The third kappa shape index (κ3) is 3.67. The summed E-state index contributed by atoms with van der Waals surface area (Å²) in [6.07, 6.45) is 0.369. The Morgan fingerprint density at radius 3 is 2.53 bits per heavy atom. The average Bonchev–Trinajstić information content (AvgIpc) is 2.37. The van der Waals surface area contributed by atoms with Crippen molar-refractivity contribution in [3.63, 3.8) is 0 Å². The lowest BCUT2D eigenvalue weighted by atomic mass is 10.1. The summed E-state index contributed by atoms with van der Waals surface area (Å²) in [5.41, 5.74) is 4.24. The van der Waals surface area contributed by atoms with Crippen LogP contribution in [-0.2, 0) is 11.2 Å². The minimum Gasteiger partial charge on any atom is -0.326 e. The predicted octanol–water partition coefficient (Wildman–Crippen LogP) is 4.25. The summed E-state index contributed by atoms with van der Waals surface area (Å²) >= 11 is 3.45. The third-order valence-corrected chi connectivity index (χ3v) is 3.87. The van der Waals surface area contributed by atoms with Crippen molar-refractivity contribution in [2.75, 3.05) is 5.32 Å². The maximum atomic E-state index is 12.0. The lowest BCUT2D eigenvalue weighted by molar-refractivity contribution is -0.115. The Morgan fingerprint density at radius 2 is 1.84 bits per heavy atom. The molecule has 0 aliphatic rings. The van der Waals surface area contributed by atoms with Crippen molar-refractivity contribution < 1.29 is 4.79 Å². The number of carbonyl (C=O) groups is 1. The average molecular weight is 318 g/mol. The zero-order chi connectivity index (χ0) is 13.8.